The van der Waals surface area contributed by atoms with Crippen molar-refractivity contribution in [2.24, 2.45) is 7.05 Å². The molecule has 0 aliphatic carbocycles. The summed E-state index contributed by atoms with van der Waals surface area (Å²) in [5.41, 5.74) is 0.341. The molecular weight excluding hydrogens is 287 g/mol. The summed E-state index contributed by atoms with van der Waals surface area (Å²) in [6, 6.07) is 6.19. The minimum atomic E-state index is -0.313. The lowest BCUT2D eigenvalue weighted by molar-refractivity contribution is 0.103. The second-order valence-electron chi connectivity index (χ2n) is 4.09. The van der Waals surface area contributed by atoms with E-state index in [2.05, 4.69) is 5.10 Å². The summed E-state index contributed by atoms with van der Waals surface area (Å²) in [6.45, 7) is 0. The van der Waals surface area contributed by atoms with Gasteiger partial charge >= 0.3 is 0 Å². The molecule has 0 atom stereocenters. The molecular formula is C13H8ClFN2OS. The molecule has 6 heteroatoms. The molecule has 1 aromatic carbocycles. The van der Waals surface area contributed by atoms with Gasteiger partial charge in [-0.05, 0) is 23.6 Å². The lowest BCUT2D eigenvalue weighted by Crippen LogP contribution is -2.07. The lowest BCUT2D eigenvalue weighted by Gasteiger charge is -1.98. The number of fused-ring (bicyclic) bond motifs is 1. The van der Waals surface area contributed by atoms with Gasteiger partial charge in [0.2, 0.25) is 5.78 Å². The van der Waals surface area contributed by atoms with E-state index in [1.807, 2.05) is 0 Å². The highest BCUT2D eigenvalue weighted by atomic mass is 35.5. The van der Waals surface area contributed by atoms with Crippen molar-refractivity contribution in [2.45, 2.75) is 0 Å². The fourth-order valence-corrected chi connectivity index (χ4v) is 3.18. The summed E-state index contributed by atoms with van der Waals surface area (Å²) in [5.74, 6) is -0.515. The molecule has 0 unspecified atom stereocenters. The molecule has 0 N–H and O–H groups in total. The van der Waals surface area contributed by atoms with Gasteiger partial charge in [-0.3, -0.25) is 9.48 Å². The molecule has 2 aromatic heterocycles. The van der Waals surface area contributed by atoms with Crippen molar-refractivity contribution in [3.05, 3.63) is 51.9 Å². The minimum Gasteiger partial charge on any atom is -0.286 e. The Morgan fingerprint density at radius 3 is 2.89 bits per heavy atom. The molecule has 0 radical (unpaired) electrons. The Labute approximate surface area is 117 Å². The van der Waals surface area contributed by atoms with Gasteiger partial charge in [0.05, 0.1) is 16.1 Å². The van der Waals surface area contributed by atoms with E-state index in [1.165, 1.54) is 34.3 Å². The number of rotatable bonds is 2. The van der Waals surface area contributed by atoms with Crippen LogP contribution >= 0.6 is 22.9 Å². The van der Waals surface area contributed by atoms with Crippen LogP contribution in [0.15, 0.2) is 30.5 Å². The zero-order valence-corrected chi connectivity index (χ0v) is 11.4. The maximum Gasteiger partial charge on any atom is 0.222 e. The topological polar surface area (TPSA) is 34.9 Å². The monoisotopic (exact) mass is 294 g/mol. The van der Waals surface area contributed by atoms with Crippen LogP contribution < -0.4 is 0 Å². The van der Waals surface area contributed by atoms with Crippen molar-refractivity contribution in [2.75, 3.05) is 0 Å². The van der Waals surface area contributed by atoms with Crippen LogP contribution in [-0.4, -0.2) is 15.6 Å². The number of benzene rings is 1. The molecule has 96 valence electrons. The Balaban J connectivity index is 2.12. The average Bonchev–Trinajstić information content (AvgIpc) is 2.92. The van der Waals surface area contributed by atoms with Gasteiger partial charge in [0.1, 0.15) is 11.5 Å². The highest BCUT2D eigenvalue weighted by molar-refractivity contribution is 7.21. The van der Waals surface area contributed by atoms with Crippen LogP contribution in [0.2, 0.25) is 5.02 Å². The third-order valence-corrected chi connectivity index (χ3v) is 4.19. The second kappa shape index (κ2) is 4.43. The van der Waals surface area contributed by atoms with Gasteiger partial charge in [-0.1, -0.05) is 17.7 Å². The first-order valence-corrected chi connectivity index (χ1v) is 6.67. The summed E-state index contributed by atoms with van der Waals surface area (Å²) in [4.78, 5) is 12.9. The van der Waals surface area contributed by atoms with Crippen molar-refractivity contribution in [3.8, 4) is 0 Å². The van der Waals surface area contributed by atoms with Crippen LogP contribution in [0.5, 0.6) is 0 Å². The zero-order valence-electron chi connectivity index (χ0n) is 9.85. The molecule has 3 rings (SSSR count). The molecule has 0 fully saturated rings. The van der Waals surface area contributed by atoms with Gasteiger partial charge in [0, 0.05) is 11.7 Å². The second-order valence-corrected chi connectivity index (χ2v) is 5.58. The van der Waals surface area contributed by atoms with Crippen LogP contribution in [0.4, 0.5) is 4.39 Å². The molecule has 3 aromatic rings. The summed E-state index contributed by atoms with van der Waals surface area (Å²) in [7, 11) is 1.66. The molecule has 2 heterocycles. The normalized spacial score (nSPS) is 11.1. The van der Waals surface area contributed by atoms with E-state index in [-0.39, 0.29) is 11.6 Å². The lowest BCUT2D eigenvalue weighted by atomic mass is 10.2. The molecule has 0 bridgehead atoms. The number of carbonyl (C=O) groups is 1. The summed E-state index contributed by atoms with van der Waals surface area (Å²) in [6.07, 6.45) is 1.43. The number of aryl methyl sites for hydroxylation is 1. The molecule has 0 saturated heterocycles. The van der Waals surface area contributed by atoms with E-state index in [0.717, 1.165) is 10.1 Å². The highest BCUT2D eigenvalue weighted by Gasteiger charge is 2.19. The van der Waals surface area contributed by atoms with Crippen LogP contribution in [0, 0.1) is 5.82 Å². The maximum atomic E-state index is 13.1. The van der Waals surface area contributed by atoms with Gasteiger partial charge in [-0.2, -0.15) is 5.10 Å². The first-order chi connectivity index (χ1) is 9.06. The summed E-state index contributed by atoms with van der Waals surface area (Å²) < 4.78 is 15.3. The van der Waals surface area contributed by atoms with Gasteiger partial charge in [0.15, 0.2) is 0 Å². The fourth-order valence-electron chi connectivity index (χ4n) is 1.90. The standard InChI is InChI=1S/C13H8ClFN2OS/c1-17-12(9(14)6-16-17)13(18)11-4-7-2-3-8(15)5-10(7)19-11/h2-6H,1H3. The Morgan fingerprint density at radius 1 is 1.42 bits per heavy atom. The van der Waals surface area contributed by atoms with E-state index in [1.54, 1.807) is 19.2 Å². The predicted octanol–water partition coefficient (Wildman–Crippen LogP) is 3.66. The number of carbonyl (C=O) groups excluding carboxylic acids is 1. The largest absolute Gasteiger partial charge is 0.286 e. The average molecular weight is 295 g/mol. The Kier molecular flexibility index (Phi) is 2.88. The van der Waals surface area contributed by atoms with E-state index in [9.17, 15) is 9.18 Å². The van der Waals surface area contributed by atoms with E-state index in [0.29, 0.717) is 15.6 Å². The van der Waals surface area contributed by atoms with Crippen LogP contribution in [-0.2, 0) is 7.05 Å². The molecule has 19 heavy (non-hydrogen) atoms. The number of hydrogen-bond acceptors (Lipinski definition) is 3. The summed E-state index contributed by atoms with van der Waals surface area (Å²) in [5, 5.41) is 5.10. The smallest absolute Gasteiger partial charge is 0.222 e. The molecule has 3 nitrogen and oxygen atoms in total. The minimum absolute atomic E-state index is 0.202. The van der Waals surface area contributed by atoms with Crippen molar-refractivity contribution < 1.29 is 9.18 Å². The number of ketones is 1. The predicted molar refractivity (Wildman–Crippen MR) is 73.4 cm³/mol. The number of nitrogens with zero attached hydrogens (tertiary/aromatic N) is 2. The third-order valence-electron chi connectivity index (χ3n) is 2.82. The van der Waals surface area contributed by atoms with E-state index in [4.69, 9.17) is 11.6 Å². The first kappa shape index (κ1) is 12.3. The van der Waals surface area contributed by atoms with Gasteiger partial charge in [0.25, 0.3) is 0 Å². The fraction of sp³-hybridized carbons (Fsp3) is 0.0769. The van der Waals surface area contributed by atoms with Crippen molar-refractivity contribution in [3.63, 3.8) is 0 Å². The third kappa shape index (κ3) is 2.05. The SMILES string of the molecule is Cn1ncc(Cl)c1C(=O)c1cc2ccc(F)cc2s1. The number of halogens is 2. The Hall–Kier alpha value is -1.72. The van der Waals surface area contributed by atoms with Gasteiger partial charge < -0.3 is 0 Å². The highest BCUT2D eigenvalue weighted by Crippen LogP contribution is 2.29. The van der Waals surface area contributed by atoms with Crippen molar-refractivity contribution in [1.82, 2.24) is 9.78 Å². The Bertz CT molecular complexity index is 774. The number of aromatic nitrogens is 2. The van der Waals surface area contributed by atoms with Crippen molar-refractivity contribution in [1.29, 1.82) is 0 Å². The van der Waals surface area contributed by atoms with Crippen LogP contribution in [0.1, 0.15) is 15.4 Å². The van der Waals surface area contributed by atoms with Gasteiger partial charge in [-0.25, -0.2) is 4.39 Å². The van der Waals surface area contributed by atoms with Gasteiger partial charge in [-0.15, -0.1) is 11.3 Å². The Morgan fingerprint density at radius 2 is 2.21 bits per heavy atom. The maximum absolute atomic E-state index is 13.1. The quantitative estimate of drug-likeness (QED) is 0.676. The van der Waals surface area contributed by atoms with Crippen LogP contribution in [0.3, 0.4) is 0 Å². The first-order valence-electron chi connectivity index (χ1n) is 5.47. The zero-order chi connectivity index (χ0) is 13.6. The summed E-state index contributed by atoms with van der Waals surface area (Å²) >= 11 is 7.20. The molecule has 0 aliphatic heterocycles. The number of hydrogen-bond donors (Lipinski definition) is 0. The van der Waals surface area contributed by atoms with Crippen molar-refractivity contribution >= 4 is 38.8 Å². The van der Waals surface area contributed by atoms with E-state index < -0.39 is 0 Å². The molecule has 0 saturated carbocycles. The molecule has 0 amide bonds. The molecule has 0 spiro atoms. The van der Waals surface area contributed by atoms with E-state index >= 15 is 0 Å². The van der Waals surface area contributed by atoms with Crippen LogP contribution in [0.25, 0.3) is 10.1 Å². The number of thiophene rings is 1. The molecule has 0 aliphatic rings.